The van der Waals surface area contributed by atoms with E-state index in [0.29, 0.717) is 17.8 Å². The van der Waals surface area contributed by atoms with Crippen LogP contribution in [0.2, 0.25) is 0 Å². The molecule has 0 spiro atoms. The predicted molar refractivity (Wildman–Crippen MR) is 61.0 cm³/mol. The molecule has 2 bridgehead atoms. The Morgan fingerprint density at radius 3 is 2.62 bits per heavy atom. The first-order chi connectivity index (χ1) is 7.75. The van der Waals surface area contributed by atoms with Gasteiger partial charge in [-0.3, -0.25) is 0 Å². The molecule has 2 atom stereocenters. The number of hydrogen-bond donors (Lipinski definition) is 2. The third-order valence-electron chi connectivity index (χ3n) is 3.67. The van der Waals surface area contributed by atoms with Crippen molar-refractivity contribution >= 4 is 11.5 Å². The second-order valence-electron chi connectivity index (χ2n) is 4.72. The van der Waals surface area contributed by atoms with Crippen LogP contribution in [0.4, 0.5) is 11.5 Å². The molecule has 0 aromatic carbocycles. The van der Waals surface area contributed by atoms with Crippen LogP contribution in [-0.2, 0) is 0 Å². The summed E-state index contributed by atoms with van der Waals surface area (Å²) in [5.41, 5.74) is 6.54. The van der Waals surface area contributed by atoms with Crippen molar-refractivity contribution in [2.24, 2.45) is 0 Å². The third kappa shape index (κ3) is 1.43. The number of nitrogens with zero attached hydrogens (tertiary/aromatic N) is 3. The molecule has 2 fully saturated rings. The van der Waals surface area contributed by atoms with Gasteiger partial charge in [0.05, 0.1) is 18.0 Å². The quantitative estimate of drug-likeness (QED) is 0.723. The molecule has 3 N–H and O–H groups in total. The molecular formula is C11H16N4O. The molecule has 5 nitrogen and oxygen atoms in total. The molecular weight excluding hydrogens is 204 g/mol. The van der Waals surface area contributed by atoms with Gasteiger partial charge in [-0.05, 0) is 25.7 Å². The van der Waals surface area contributed by atoms with E-state index in [2.05, 4.69) is 14.9 Å². The number of fused-ring (bicyclic) bond motifs is 2. The van der Waals surface area contributed by atoms with Crippen LogP contribution in [0.15, 0.2) is 12.5 Å². The molecule has 2 unspecified atom stereocenters. The highest BCUT2D eigenvalue weighted by atomic mass is 16.3. The molecule has 86 valence electrons. The molecule has 2 aliphatic rings. The summed E-state index contributed by atoms with van der Waals surface area (Å²) in [4.78, 5) is 10.5. The van der Waals surface area contributed by atoms with Crippen LogP contribution >= 0.6 is 0 Å². The van der Waals surface area contributed by atoms with Gasteiger partial charge in [0.15, 0.2) is 5.82 Å². The Morgan fingerprint density at radius 1 is 1.31 bits per heavy atom. The number of piperidine rings is 1. The SMILES string of the molecule is Nc1cncnc1N1C2CCC1CC(O)C2. The number of aromatic nitrogens is 2. The van der Waals surface area contributed by atoms with Crippen LogP contribution in [0.5, 0.6) is 0 Å². The molecule has 1 aromatic rings. The second kappa shape index (κ2) is 3.59. The van der Waals surface area contributed by atoms with Gasteiger partial charge < -0.3 is 15.7 Å². The summed E-state index contributed by atoms with van der Waals surface area (Å²) < 4.78 is 0. The second-order valence-corrected chi connectivity index (χ2v) is 4.72. The monoisotopic (exact) mass is 220 g/mol. The van der Waals surface area contributed by atoms with Gasteiger partial charge in [-0.2, -0.15) is 0 Å². The largest absolute Gasteiger partial charge is 0.394 e. The summed E-state index contributed by atoms with van der Waals surface area (Å²) in [6, 6.07) is 0.789. The van der Waals surface area contributed by atoms with E-state index in [1.165, 1.54) is 6.33 Å². The lowest BCUT2D eigenvalue weighted by Crippen LogP contribution is -2.45. The van der Waals surface area contributed by atoms with Crippen LogP contribution < -0.4 is 10.6 Å². The van der Waals surface area contributed by atoms with E-state index in [0.717, 1.165) is 31.5 Å². The highest BCUT2D eigenvalue weighted by Gasteiger charge is 2.41. The fraction of sp³-hybridized carbons (Fsp3) is 0.636. The molecule has 3 rings (SSSR count). The number of nitrogen functional groups attached to an aromatic ring is 1. The first kappa shape index (κ1) is 9.84. The third-order valence-corrected chi connectivity index (χ3v) is 3.67. The number of aliphatic hydroxyl groups is 1. The van der Waals surface area contributed by atoms with Crippen molar-refractivity contribution in [2.45, 2.75) is 43.9 Å². The minimum Gasteiger partial charge on any atom is -0.394 e. The molecule has 0 radical (unpaired) electrons. The number of nitrogens with two attached hydrogens (primary N) is 1. The average Bonchev–Trinajstić information content (AvgIpc) is 2.53. The van der Waals surface area contributed by atoms with Gasteiger partial charge in [0.25, 0.3) is 0 Å². The van der Waals surface area contributed by atoms with Crippen LogP contribution in [-0.4, -0.2) is 33.3 Å². The topological polar surface area (TPSA) is 75.3 Å². The van der Waals surface area contributed by atoms with Crippen molar-refractivity contribution in [1.29, 1.82) is 0 Å². The molecule has 0 amide bonds. The molecule has 2 saturated heterocycles. The van der Waals surface area contributed by atoms with E-state index in [4.69, 9.17) is 5.73 Å². The van der Waals surface area contributed by atoms with Gasteiger partial charge in [0.2, 0.25) is 0 Å². The molecule has 0 saturated carbocycles. The molecule has 3 heterocycles. The van der Waals surface area contributed by atoms with E-state index in [-0.39, 0.29) is 6.10 Å². The lowest BCUT2D eigenvalue weighted by atomic mass is 10.00. The van der Waals surface area contributed by atoms with Crippen LogP contribution in [0.25, 0.3) is 0 Å². The summed E-state index contributed by atoms with van der Waals surface area (Å²) >= 11 is 0. The van der Waals surface area contributed by atoms with E-state index >= 15 is 0 Å². The minimum absolute atomic E-state index is 0.156. The standard InChI is InChI=1S/C11H16N4O/c12-10-5-13-6-14-11(10)15-7-1-2-8(15)4-9(16)3-7/h5-9,16H,1-4,12H2. The maximum atomic E-state index is 9.73. The maximum Gasteiger partial charge on any atom is 0.155 e. The molecule has 2 aliphatic heterocycles. The Hall–Kier alpha value is -1.36. The van der Waals surface area contributed by atoms with Crippen LogP contribution in [0.1, 0.15) is 25.7 Å². The van der Waals surface area contributed by atoms with Crippen molar-refractivity contribution in [3.8, 4) is 0 Å². The zero-order valence-corrected chi connectivity index (χ0v) is 9.08. The van der Waals surface area contributed by atoms with Gasteiger partial charge in [0, 0.05) is 12.1 Å². The van der Waals surface area contributed by atoms with Crippen molar-refractivity contribution < 1.29 is 5.11 Å². The van der Waals surface area contributed by atoms with Crippen molar-refractivity contribution in [3.63, 3.8) is 0 Å². The van der Waals surface area contributed by atoms with Crippen LogP contribution in [0, 0.1) is 0 Å². The van der Waals surface area contributed by atoms with Crippen molar-refractivity contribution in [2.75, 3.05) is 10.6 Å². The van der Waals surface area contributed by atoms with E-state index in [1.807, 2.05) is 0 Å². The highest BCUT2D eigenvalue weighted by molar-refractivity contribution is 5.63. The number of rotatable bonds is 1. The normalized spacial score (nSPS) is 33.1. The lowest BCUT2D eigenvalue weighted by molar-refractivity contribution is 0.126. The Bertz CT molecular complexity index is 383. The summed E-state index contributed by atoms with van der Waals surface area (Å²) in [6.45, 7) is 0. The maximum absolute atomic E-state index is 9.73. The summed E-state index contributed by atoms with van der Waals surface area (Å²) in [5, 5.41) is 9.73. The fourth-order valence-corrected chi connectivity index (χ4v) is 3.04. The van der Waals surface area contributed by atoms with Crippen molar-refractivity contribution in [3.05, 3.63) is 12.5 Å². The first-order valence-electron chi connectivity index (χ1n) is 5.77. The number of aliphatic hydroxyl groups excluding tert-OH is 1. The van der Waals surface area contributed by atoms with E-state index in [9.17, 15) is 5.11 Å². The average molecular weight is 220 g/mol. The Labute approximate surface area is 94.3 Å². The van der Waals surface area contributed by atoms with Gasteiger partial charge in [-0.15, -0.1) is 0 Å². The predicted octanol–water partition coefficient (Wildman–Crippen LogP) is 0.551. The Morgan fingerprint density at radius 2 is 2.00 bits per heavy atom. The lowest BCUT2D eigenvalue weighted by Gasteiger charge is -2.38. The van der Waals surface area contributed by atoms with Gasteiger partial charge in [-0.25, -0.2) is 9.97 Å². The summed E-state index contributed by atoms with van der Waals surface area (Å²) in [5.74, 6) is 0.842. The molecule has 1 aromatic heterocycles. The van der Waals surface area contributed by atoms with E-state index in [1.54, 1.807) is 6.20 Å². The van der Waals surface area contributed by atoms with Gasteiger partial charge in [-0.1, -0.05) is 0 Å². The zero-order valence-electron chi connectivity index (χ0n) is 9.08. The van der Waals surface area contributed by atoms with Crippen LogP contribution in [0.3, 0.4) is 0 Å². The number of hydrogen-bond acceptors (Lipinski definition) is 5. The molecule has 5 heteroatoms. The highest BCUT2D eigenvalue weighted by Crippen LogP contribution is 2.39. The van der Waals surface area contributed by atoms with Gasteiger partial charge in [0.1, 0.15) is 6.33 Å². The molecule has 0 aliphatic carbocycles. The van der Waals surface area contributed by atoms with Gasteiger partial charge >= 0.3 is 0 Å². The Balaban J connectivity index is 1.94. The summed E-state index contributed by atoms with van der Waals surface area (Å²) in [6.07, 6.45) is 6.95. The zero-order chi connectivity index (χ0) is 11.1. The molecule has 16 heavy (non-hydrogen) atoms. The summed E-state index contributed by atoms with van der Waals surface area (Å²) in [7, 11) is 0. The Kier molecular flexibility index (Phi) is 2.21. The minimum atomic E-state index is -0.156. The fourth-order valence-electron chi connectivity index (χ4n) is 3.04. The number of anilines is 2. The smallest absolute Gasteiger partial charge is 0.155 e. The van der Waals surface area contributed by atoms with E-state index < -0.39 is 0 Å². The first-order valence-corrected chi connectivity index (χ1v) is 5.77. The van der Waals surface area contributed by atoms with Crippen molar-refractivity contribution in [1.82, 2.24) is 9.97 Å².